The van der Waals surface area contributed by atoms with Gasteiger partial charge in [-0.2, -0.15) is 0 Å². The molecular formula is C17H17FN4O2. The molecule has 0 aliphatic rings. The second-order valence-corrected chi connectivity index (χ2v) is 5.64. The molecule has 3 aromatic rings. The molecule has 0 spiro atoms. The number of rotatable bonds is 2. The molecule has 6 nitrogen and oxygen atoms in total. The molecule has 0 radical (unpaired) electrons. The predicted molar refractivity (Wildman–Crippen MR) is 91.9 cm³/mol. The Kier molecular flexibility index (Phi) is 3.84. The van der Waals surface area contributed by atoms with Crippen LogP contribution in [0.4, 0.5) is 20.6 Å². The van der Waals surface area contributed by atoms with E-state index in [0.717, 1.165) is 11.0 Å². The zero-order valence-electron chi connectivity index (χ0n) is 13.6. The van der Waals surface area contributed by atoms with Crippen LogP contribution in [0, 0.1) is 12.7 Å². The highest BCUT2D eigenvalue weighted by Crippen LogP contribution is 2.19. The third-order valence-electron chi connectivity index (χ3n) is 3.97. The summed E-state index contributed by atoms with van der Waals surface area (Å²) in [6.45, 7) is 1.71. The van der Waals surface area contributed by atoms with Gasteiger partial charge in [0.2, 0.25) is 0 Å². The average molecular weight is 328 g/mol. The first-order chi connectivity index (χ1) is 11.4. The number of halogens is 1. The van der Waals surface area contributed by atoms with Crippen LogP contribution < -0.4 is 16.3 Å². The Labute approximate surface area is 137 Å². The molecule has 7 heteroatoms. The molecule has 2 aromatic carbocycles. The number of anilines is 2. The molecule has 124 valence electrons. The van der Waals surface area contributed by atoms with Crippen molar-refractivity contribution in [1.82, 2.24) is 9.13 Å². The molecule has 1 heterocycles. The molecule has 0 fully saturated rings. The second-order valence-electron chi connectivity index (χ2n) is 5.64. The number of nitrogens with zero attached hydrogens (tertiary/aromatic N) is 2. The largest absolute Gasteiger partial charge is 0.328 e. The topological polar surface area (TPSA) is 68.1 Å². The Morgan fingerprint density at radius 1 is 1.00 bits per heavy atom. The minimum atomic E-state index is -0.440. The van der Waals surface area contributed by atoms with E-state index in [1.165, 1.54) is 22.8 Å². The SMILES string of the molecule is Cc1cc(F)ccc1NC(=O)Nc1ccc2c(c1)n(C)c(=O)n2C. The number of imidazole rings is 1. The number of fused-ring (bicyclic) bond motifs is 1. The van der Waals surface area contributed by atoms with Gasteiger partial charge in [0, 0.05) is 25.5 Å². The smallest absolute Gasteiger partial charge is 0.308 e. The van der Waals surface area contributed by atoms with Gasteiger partial charge in [-0.15, -0.1) is 0 Å². The lowest BCUT2D eigenvalue weighted by Gasteiger charge is -2.10. The van der Waals surface area contributed by atoms with Gasteiger partial charge in [-0.1, -0.05) is 0 Å². The fourth-order valence-corrected chi connectivity index (χ4v) is 2.64. The summed E-state index contributed by atoms with van der Waals surface area (Å²) in [4.78, 5) is 24.0. The minimum absolute atomic E-state index is 0.131. The molecular weight excluding hydrogens is 311 g/mol. The number of hydrogen-bond acceptors (Lipinski definition) is 2. The summed E-state index contributed by atoms with van der Waals surface area (Å²) < 4.78 is 16.2. The van der Waals surface area contributed by atoms with Gasteiger partial charge >= 0.3 is 11.7 Å². The number of benzene rings is 2. The molecule has 3 rings (SSSR count). The molecule has 0 saturated carbocycles. The maximum atomic E-state index is 13.1. The van der Waals surface area contributed by atoms with Crippen LogP contribution in [-0.4, -0.2) is 15.2 Å². The molecule has 0 bridgehead atoms. The minimum Gasteiger partial charge on any atom is -0.308 e. The Morgan fingerprint density at radius 2 is 1.71 bits per heavy atom. The summed E-state index contributed by atoms with van der Waals surface area (Å²) in [7, 11) is 3.37. The fraction of sp³-hybridized carbons (Fsp3) is 0.176. The first-order valence-corrected chi connectivity index (χ1v) is 7.36. The van der Waals surface area contributed by atoms with Gasteiger partial charge in [0.05, 0.1) is 11.0 Å². The van der Waals surface area contributed by atoms with Gasteiger partial charge in [0.25, 0.3) is 0 Å². The van der Waals surface area contributed by atoms with Crippen molar-refractivity contribution < 1.29 is 9.18 Å². The zero-order chi connectivity index (χ0) is 17.4. The standard InChI is InChI=1S/C17H17FN4O2/c1-10-8-11(18)4-6-13(10)20-16(23)19-12-5-7-14-15(9-12)22(3)17(24)21(14)2/h4-9H,1-3H3,(H2,19,20,23). The fourth-order valence-electron chi connectivity index (χ4n) is 2.64. The van der Waals surface area contributed by atoms with E-state index < -0.39 is 6.03 Å². The van der Waals surface area contributed by atoms with Crippen molar-refractivity contribution >= 4 is 28.4 Å². The van der Waals surface area contributed by atoms with Crippen molar-refractivity contribution in [3.63, 3.8) is 0 Å². The second kappa shape index (κ2) is 5.84. The number of aryl methyl sites for hydroxylation is 3. The summed E-state index contributed by atoms with van der Waals surface area (Å²) in [5.41, 5.74) is 3.09. The first kappa shape index (κ1) is 15.8. The number of urea groups is 1. The van der Waals surface area contributed by atoms with E-state index in [1.54, 1.807) is 43.8 Å². The normalized spacial score (nSPS) is 10.8. The maximum Gasteiger partial charge on any atom is 0.328 e. The van der Waals surface area contributed by atoms with E-state index in [-0.39, 0.29) is 11.5 Å². The van der Waals surface area contributed by atoms with Crippen molar-refractivity contribution in [2.45, 2.75) is 6.92 Å². The number of hydrogen-bond donors (Lipinski definition) is 2. The lowest BCUT2D eigenvalue weighted by atomic mass is 10.2. The van der Waals surface area contributed by atoms with Crippen molar-refractivity contribution in [1.29, 1.82) is 0 Å². The van der Waals surface area contributed by atoms with Crippen LogP contribution in [0.15, 0.2) is 41.2 Å². The summed E-state index contributed by atoms with van der Waals surface area (Å²) in [6, 6.07) is 8.93. The van der Waals surface area contributed by atoms with Crippen LogP contribution in [0.1, 0.15) is 5.56 Å². The number of amides is 2. The van der Waals surface area contributed by atoms with Gasteiger partial charge in [0.15, 0.2) is 0 Å². The highest BCUT2D eigenvalue weighted by atomic mass is 19.1. The van der Waals surface area contributed by atoms with Crippen LogP contribution >= 0.6 is 0 Å². The van der Waals surface area contributed by atoms with Crippen molar-refractivity contribution in [3.8, 4) is 0 Å². The number of aromatic nitrogens is 2. The van der Waals surface area contributed by atoms with Gasteiger partial charge in [-0.05, 0) is 48.9 Å². The lowest BCUT2D eigenvalue weighted by Crippen LogP contribution is -2.20. The van der Waals surface area contributed by atoms with Crippen LogP contribution in [0.25, 0.3) is 11.0 Å². The highest BCUT2D eigenvalue weighted by Gasteiger charge is 2.10. The Morgan fingerprint density at radius 3 is 2.42 bits per heavy atom. The third kappa shape index (κ3) is 2.76. The summed E-state index contributed by atoms with van der Waals surface area (Å²) in [6.07, 6.45) is 0. The van der Waals surface area contributed by atoms with E-state index >= 15 is 0 Å². The van der Waals surface area contributed by atoms with Crippen molar-refractivity contribution in [2.75, 3.05) is 10.6 Å². The Bertz CT molecular complexity index is 1000. The summed E-state index contributed by atoms with van der Waals surface area (Å²) in [5.74, 6) is -0.353. The van der Waals surface area contributed by atoms with Crippen molar-refractivity contribution in [2.24, 2.45) is 14.1 Å². The summed E-state index contributed by atoms with van der Waals surface area (Å²) in [5, 5.41) is 5.39. The Balaban J connectivity index is 1.83. The monoisotopic (exact) mass is 328 g/mol. The van der Waals surface area contributed by atoms with Crippen LogP contribution in [0.5, 0.6) is 0 Å². The molecule has 0 atom stereocenters. The number of carbonyl (C=O) groups excluding carboxylic acids is 1. The van der Waals surface area contributed by atoms with Gasteiger partial charge in [-0.3, -0.25) is 9.13 Å². The van der Waals surface area contributed by atoms with Gasteiger partial charge in [-0.25, -0.2) is 14.0 Å². The number of carbonyl (C=O) groups is 1. The van der Waals surface area contributed by atoms with E-state index in [2.05, 4.69) is 10.6 Å². The molecule has 2 N–H and O–H groups in total. The predicted octanol–water partition coefficient (Wildman–Crippen LogP) is 2.97. The van der Waals surface area contributed by atoms with E-state index in [4.69, 9.17) is 0 Å². The van der Waals surface area contributed by atoms with E-state index in [9.17, 15) is 14.0 Å². The Hall–Kier alpha value is -3.09. The molecule has 0 aliphatic heterocycles. The summed E-state index contributed by atoms with van der Waals surface area (Å²) >= 11 is 0. The van der Waals surface area contributed by atoms with Gasteiger partial charge < -0.3 is 10.6 Å². The van der Waals surface area contributed by atoms with Crippen molar-refractivity contribution in [3.05, 3.63) is 58.3 Å². The molecule has 24 heavy (non-hydrogen) atoms. The van der Waals surface area contributed by atoms with Gasteiger partial charge in [0.1, 0.15) is 5.82 Å². The molecule has 1 aromatic heterocycles. The third-order valence-corrected chi connectivity index (χ3v) is 3.97. The number of nitrogens with one attached hydrogen (secondary N) is 2. The van der Waals surface area contributed by atoms with Crippen LogP contribution in [0.2, 0.25) is 0 Å². The molecule has 0 aliphatic carbocycles. The van der Waals surface area contributed by atoms with E-state index in [1.807, 2.05) is 0 Å². The van der Waals surface area contributed by atoms with Crippen LogP contribution in [0.3, 0.4) is 0 Å². The maximum absolute atomic E-state index is 13.1. The molecule has 2 amide bonds. The quantitative estimate of drug-likeness (QED) is 0.759. The first-order valence-electron chi connectivity index (χ1n) is 7.36. The average Bonchev–Trinajstić information content (AvgIpc) is 2.75. The highest BCUT2D eigenvalue weighted by molar-refractivity contribution is 6.01. The van der Waals surface area contributed by atoms with Crippen LogP contribution in [-0.2, 0) is 14.1 Å². The molecule has 0 saturated heterocycles. The zero-order valence-corrected chi connectivity index (χ0v) is 13.6. The lowest BCUT2D eigenvalue weighted by molar-refractivity contribution is 0.262. The molecule has 0 unspecified atom stereocenters. The van der Waals surface area contributed by atoms with E-state index in [0.29, 0.717) is 16.9 Å².